The van der Waals surface area contributed by atoms with Crippen molar-refractivity contribution in [3.63, 3.8) is 0 Å². The van der Waals surface area contributed by atoms with Crippen molar-refractivity contribution in [2.24, 2.45) is 14.1 Å². The molecule has 7 nitrogen and oxygen atoms in total. The van der Waals surface area contributed by atoms with Gasteiger partial charge < -0.3 is 5.32 Å². The molecule has 3 heterocycles. The minimum atomic E-state index is -0.385. The fraction of sp³-hybridized carbons (Fsp3) is 0.294. The molecule has 7 heteroatoms. The maximum Gasteiger partial charge on any atom is 0.332 e. The maximum absolute atomic E-state index is 12.7. The van der Waals surface area contributed by atoms with E-state index in [-0.39, 0.29) is 11.2 Å². The fourth-order valence-corrected chi connectivity index (χ4v) is 2.73. The number of rotatable bonds is 4. The molecule has 3 rings (SSSR count). The van der Waals surface area contributed by atoms with Gasteiger partial charge in [0.1, 0.15) is 5.39 Å². The average Bonchev–Trinajstić information content (AvgIpc) is 2.62. The van der Waals surface area contributed by atoms with Gasteiger partial charge in [0.2, 0.25) is 0 Å². The van der Waals surface area contributed by atoms with Crippen LogP contribution in [0.3, 0.4) is 0 Å². The van der Waals surface area contributed by atoms with Crippen LogP contribution < -0.4 is 16.6 Å². The largest absolute Gasteiger partial charge is 0.380 e. The van der Waals surface area contributed by atoms with Crippen LogP contribution in [-0.2, 0) is 27.1 Å². The van der Waals surface area contributed by atoms with Crippen LogP contribution in [0.5, 0.6) is 0 Å². The summed E-state index contributed by atoms with van der Waals surface area (Å²) < 4.78 is 2.51. The Kier molecular flexibility index (Phi) is 4.16. The fourth-order valence-electron chi connectivity index (χ4n) is 2.73. The summed E-state index contributed by atoms with van der Waals surface area (Å²) in [5, 5.41) is 3.78. The van der Waals surface area contributed by atoms with Crippen molar-refractivity contribution in [1.29, 1.82) is 0 Å². The number of fused-ring (bicyclic) bond motifs is 1. The Morgan fingerprint density at radius 1 is 1.12 bits per heavy atom. The van der Waals surface area contributed by atoms with E-state index in [1.165, 1.54) is 11.6 Å². The molecule has 0 aliphatic heterocycles. The Hall–Kier alpha value is -2.96. The summed E-state index contributed by atoms with van der Waals surface area (Å²) >= 11 is 0. The molecular formula is C17H19N5O2. The summed E-state index contributed by atoms with van der Waals surface area (Å²) in [6.45, 7) is 2.56. The lowest BCUT2D eigenvalue weighted by molar-refractivity contribution is 0.707. The molecule has 0 saturated carbocycles. The van der Waals surface area contributed by atoms with Crippen molar-refractivity contribution in [3.05, 3.63) is 62.7 Å². The van der Waals surface area contributed by atoms with Crippen molar-refractivity contribution in [1.82, 2.24) is 19.1 Å². The van der Waals surface area contributed by atoms with Crippen LogP contribution in [0.2, 0.25) is 0 Å². The second-order valence-corrected chi connectivity index (χ2v) is 5.63. The van der Waals surface area contributed by atoms with Gasteiger partial charge in [0, 0.05) is 39.2 Å². The van der Waals surface area contributed by atoms with Gasteiger partial charge in [-0.25, -0.2) is 9.78 Å². The van der Waals surface area contributed by atoms with Gasteiger partial charge in [-0.3, -0.25) is 18.9 Å². The van der Waals surface area contributed by atoms with Crippen LogP contribution in [0.25, 0.3) is 11.0 Å². The van der Waals surface area contributed by atoms with Crippen LogP contribution in [0.15, 0.2) is 40.3 Å². The van der Waals surface area contributed by atoms with Crippen LogP contribution >= 0.6 is 0 Å². The summed E-state index contributed by atoms with van der Waals surface area (Å²) in [7, 11) is 3.10. The first-order valence-electron chi connectivity index (χ1n) is 7.75. The van der Waals surface area contributed by atoms with Crippen LogP contribution in [0.1, 0.15) is 18.1 Å². The van der Waals surface area contributed by atoms with Crippen LogP contribution in [-0.4, -0.2) is 19.1 Å². The summed E-state index contributed by atoms with van der Waals surface area (Å²) in [6, 6.07) is 3.83. The molecule has 3 aromatic rings. The molecule has 1 N–H and O–H groups in total. The van der Waals surface area contributed by atoms with Gasteiger partial charge in [-0.1, -0.05) is 6.92 Å². The number of hydrogen-bond acceptors (Lipinski definition) is 5. The standard InChI is InChI=1S/C17H19N5O2/c1-4-12-10-20-15-13(16(23)22(3)17(24)21(15)2)14(12)19-9-11-5-7-18-8-6-11/h5-8,10H,4,9H2,1-3H3,(H,19,20). The Bertz CT molecular complexity index is 1010. The van der Waals surface area contributed by atoms with E-state index in [2.05, 4.69) is 15.3 Å². The quantitative estimate of drug-likeness (QED) is 0.779. The van der Waals surface area contributed by atoms with Gasteiger partial charge in [0.05, 0.1) is 5.69 Å². The highest BCUT2D eigenvalue weighted by Gasteiger charge is 2.16. The lowest BCUT2D eigenvalue weighted by atomic mass is 10.1. The number of anilines is 1. The number of pyridine rings is 2. The summed E-state index contributed by atoms with van der Waals surface area (Å²) in [5.74, 6) is 0. The molecule has 0 atom stereocenters. The minimum absolute atomic E-state index is 0.340. The SMILES string of the molecule is CCc1cnc2c(c1NCc1ccncc1)c(=O)n(C)c(=O)n2C. The molecule has 0 aromatic carbocycles. The lowest BCUT2D eigenvalue weighted by Crippen LogP contribution is -2.37. The van der Waals surface area contributed by atoms with Crippen molar-refractivity contribution in [2.75, 3.05) is 5.32 Å². The highest BCUT2D eigenvalue weighted by Crippen LogP contribution is 2.23. The lowest BCUT2D eigenvalue weighted by Gasteiger charge is -2.15. The molecule has 0 saturated heterocycles. The molecule has 124 valence electrons. The van der Waals surface area contributed by atoms with E-state index in [0.29, 0.717) is 17.6 Å². The Morgan fingerprint density at radius 2 is 1.83 bits per heavy atom. The third-order valence-electron chi connectivity index (χ3n) is 4.15. The van der Waals surface area contributed by atoms with E-state index in [1.54, 1.807) is 25.6 Å². The zero-order valence-corrected chi connectivity index (χ0v) is 13.9. The normalized spacial score (nSPS) is 11.0. The van der Waals surface area contributed by atoms with E-state index >= 15 is 0 Å². The first-order valence-corrected chi connectivity index (χ1v) is 7.75. The number of aryl methyl sites for hydroxylation is 2. The molecule has 0 aliphatic carbocycles. The number of hydrogen-bond donors (Lipinski definition) is 1. The van der Waals surface area contributed by atoms with E-state index in [9.17, 15) is 9.59 Å². The first kappa shape index (κ1) is 15.9. The molecule has 0 unspecified atom stereocenters. The molecule has 3 aromatic heterocycles. The number of aromatic nitrogens is 4. The second kappa shape index (κ2) is 6.27. The molecule has 0 radical (unpaired) electrons. The monoisotopic (exact) mass is 325 g/mol. The van der Waals surface area contributed by atoms with E-state index < -0.39 is 0 Å². The van der Waals surface area contributed by atoms with Gasteiger partial charge in [-0.15, -0.1) is 0 Å². The number of nitrogens with one attached hydrogen (secondary N) is 1. The first-order chi connectivity index (χ1) is 11.5. The Labute approximate surface area is 138 Å². The second-order valence-electron chi connectivity index (χ2n) is 5.63. The molecule has 0 bridgehead atoms. The van der Waals surface area contributed by atoms with Gasteiger partial charge >= 0.3 is 5.69 Å². The molecule has 0 spiro atoms. The predicted octanol–water partition coefficient (Wildman–Crippen LogP) is 1.20. The van der Waals surface area contributed by atoms with Crippen LogP contribution in [0.4, 0.5) is 5.69 Å². The van der Waals surface area contributed by atoms with E-state index in [4.69, 9.17) is 0 Å². The van der Waals surface area contributed by atoms with Gasteiger partial charge in [0.15, 0.2) is 5.65 Å². The smallest absolute Gasteiger partial charge is 0.332 e. The van der Waals surface area contributed by atoms with Gasteiger partial charge in [-0.05, 0) is 29.7 Å². The zero-order valence-electron chi connectivity index (χ0n) is 13.9. The third-order valence-corrected chi connectivity index (χ3v) is 4.15. The average molecular weight is 325 g/mol. The molecule has 0 aliphatic rings. The van der Waals surface area contributed by atoms with Crippen molar-refractivity contribution in [2.45, 2.75) is 19.9 Å². The van der Waals surface area contributed by atoms with Gasteiger partial charge in [0.25, 0.3) is 5.56 Å². The minimum Gasteiger partial charge on any atom is -0.380 e. The topological polar surface area (TPSA) is 81.8 Å². The molecule has 24 heavy (non-hydrogen) atoms. The third kappa shape index (κ3) is 2.58. The van der Waals surface area contributed by atoms with Crippen LogP contribution in [0, 0.1) is 0 Å². The summed E-state index contributed by atoms with van der Waals surface area (Å²) in [5.41, 5.74) is 2.39. The van der Waals surface area contributed by atoms with Crippen molar-refractivity contribution >= 4 is 16.7 Å². The Morgan fingerprint density at radius 3 is 2.50 bits per heavy atom. The summed E-state index contributed by atoms with van der Waals surface area (Å²) in [6.07, 6.45) is 5.90. The van der Waals surface area contributed by atoms with Crippen molar-refractivity contribution < 1.29 is 0 Å². The van der Waals surface area contributed by atoms with E-state index in [1.807, 2.05) is 19.1 Å². The maximum atomic E-state index is 12.7. The zero-order chi connectivity index (χ0) is 17.3. The Balaban J connectivity index is 2.21. The summed E-state index contributed by atoms with van der Waals surface area (Å²) in [4.78, 5) is 33.1. The van der Waals surface area contributed by atoms with Gasteiger partial charge in [-0.2, -0.15) is 0 Å². The highest BCUT2D eigenvalue weighted by molar-refractivity contribution is 5.90. The van der Waals surface area contributed by atoms with E-state index in [0.717, 1.165) is 27.8 Å². The predicted molar refractivity (Wildman–Crippen MR) is 93.2 cm³/mol. The highest BCUT2D eigenvalue weighted by atomic mass is 16.2. The molecule has 0 amide bonds. The molecule has 0 fully saturated rings. The molecular weight excluding hydrogens is 306 g/mol. The number of nitrogens with zero attached hydrogens (tertiary/aromatic N) is 4. The van der Waals surface area contributed by atoms with Crippen molar-refractivity contribution in [3.8, 4) is 0 Å².